The maximum atomic E-state index is 12.8. The molecule has 0 aliphatic heterocycles. The van der Waals surface area contributed by atoms with Gasteiger partial charge >= 0.3 is 0 Å². The van der Waals surface area contributed by atoms with Crippen LogP contribution in [0.5, 0.6) is 11.5 Å². The van der Waals surface area contributed by atoms with Crippen LogP contribution in [0, 0.1) is 0 Å². The highest BCUT2D eigenvalue weighted by molar-refractivity contribution is 7.15. The maximum Gasteiger partial charge on any atom is 0.274 e. The van der Waals surface area contributed by atoms with E-state index >= 15 is 0 Å². The topological polar surface area (TPSA) is 52.8 Å². The molecule has 0 N–H and O–H groups in total. The quantitative estimate of drug-likeness (QED) is 0.576. The lowest BCUT2D eigenvalue weighted by molar-refractivity contribution is 0.355. The zero-order chi connectivity index (χ0) is 16.7. The van der Waals surface area contributed by atoms with Crippen LogP contribution in [0.4, 0.5) is 0 Å². The van der Waals surface area contributed by atoms with E-state index in [1.165, 1.54) is 11.3 Å². The number of benzene rings is 2. The summed E-state index contributed by atoms with van der Waals surface area (Å²) in [5.74, 6) is 1.17. The minimum Gasteiger partial charge on any atom is -0.493 e. The van der Waals surface area contributed by atoms with Crippen molar-refractivity contribution in [1.29, 1.82) is 0 Å². The number of rotatable bonds is 3. The van der Waals surface area contributed by atoms with Gasteiger partial charge < -0.3 is 9.47 Å². The molecule has 0 radical (unpaired) electrons. The smallest absolute Gasteiger partial charge is 0.274 e. The molecule has 5 nitrogen and oxygen atoms in total. The Bertz CT molecular complexity index is 1150. The van der Waals surface area contributed by atoms with Gasteiger partial charge in [0, 0.05) is 12.1 Å². The number of hydrogen-bond acceptors (Lipinski definition) is 5. The lowest BCUT2D eigenvalue weighted by atomic mass is 10.2. The summed E-state index contributed by atoms with van der Waals surface area (Å²) >= 11 is 1.37. The summed E-state index contributed by atoms with van der Waals surface area (Å²) in [4.78, 5) is 18.0. The number of fused-ring (bicyclic) bond motifs is 3. The predicted octanol–water partition coefficient (Wildman–Crippen LogP) is 2.47. The first-order chi connectivity index (χ1) is 11.7. The second kappa shape index (κ2) is 5.65. The van der Waals surface area contributed by atoms with Gasteiger partial charge in [0.2, 0.25) is 0 Å². The van der Waals surface area contributed by atoms with Crippen LogP contribution in [-0.4, -0.2) is 23.6 Å². The Hall–Kier alpha value is -2.86. The third-order valence-electron chi connectivity index (χ3n) is 3.84. The molecule has 0 aliphatic rings. The molecule has 24 heavy (non-hydrogen) atoms. The Balaban J connectivity index is 2.00. The number of methoxy groups -OCH3 is 2. The normalized spacial score (nSPS) is 12.2. The lowest BCUT2D eigenvalue weighted by Crippen LogP contribution is -2.22. The van der Waals surface area contributed by atoms with E-state index in [-0.39, 0.29) is 5.56 Å². The van der Waals surface area contributed by atoms with Crippen molar-refractivity contribution in [3.05, 3.63) is 62.9 Å². The van der Waals surface area contributed by atoms with Gasteiger partial charge in [-0.3, -0.25) is 4.79 Å². The van der Waals surface area contributed by atoms with E-state index in [1.54, 1.807) is 30.8 Å². The Morgan fingerprint density at radius 1 is 1.08 bits per heavy atom. The molecule has 4 rings (SSSR count). The first-order valence-electron chi connectivity index (χ1n) is 7.35. The van der Waals surface area contributed by atoms with Gasteiger partial charge in [0.1, 0.15) is 0 Å². The zero-order valence-electron chi connectivity index (χ0n) is 13.1. The molecule has 0 saturated heterocycles. The second-order valence-corrected chi connectivity index (χ2v) is 6.26. The fourth-order valence-electron chi connectivity index (χ4n) is 2.69. The van der Waals surface area contributed by atoms with Crippen LogP contribution in [0.1, 0.15) is 5.56 Å². The molecule has 0 spiro atoms. The van der Waals surface area contributed by atoms with Gasteiger partial charge in [0.05, 0.1) is 29.8 Å². The molecule has 0 aliphatic carbocycles. The minimum absolute atomic E-state index is 0.0754. The molecule has 4 aromatic rings. The van der Waals surface area contributed by atoms with Crippen molar-refractivity contribution in [3.8, 4) is 11.5 Å². The standard InChI is InChI=1S/C18H14N2O3S/c1-22-14-9-12-13(10-15(14)23-2)20-17(21)16(24-18(20)19-12)8-11-6-4-3-5-7-11/h3-10H,1-2H3. The molecule has 0 atom stereocenters. The highest BCUT2D eigenvalue weighted by atomic mass is 32.1. The number of hydrogen-bond donors (Lipinski definition) is 0. The van der Waals surface area contributed by atoms with Gasteiger partial charge in [-0.25, -0.2) is 9.38 Å². The average molecular weight is 338 g/mol. The Labute approximate surface area is 141 Å². The van der Waals surface area contributed by atoms with Crippen molar-refractivity contribution in [3.63, 3.8) is 0 Å². The molecule has 2 aromatic carbocycles. The molecule has 0 bridgehead atoms. The number of ether oxygens (including phenoxy) is 2. The van der Waals surface area contributed by atoms with E-state index in [1.807, 2.05) is 36.4 Å². The van der Waals surface area contributed by atoms with E-state index < -0.39 is 0 Å². The van der Waals surface area contributed by atoms with Crippen molar-refractivity contribution in [2.24, 2.45) is 0 Å². The number of imidazole rings is 1. The average Bonchev–Trinajstić information content (AvgIpc) is 3.10. The molecule has 120 valence electrons. The third kappa shape index (κ3) is 2.23. The van der Waals surface area contributed by atoms with Gasteiger partial charge in [-0.15, -0.1) is 0 Å². The Morgan fingerprint density at radius 2 is 1.79 bits per heavy atom. The molecular weight excluding hydrogens is 324 g/mol. The van der Waals surface area contributed by atoms with Crippen molar-refractivity contribution in [2.45, 2.75) is 0 Å². The summed E-state index contributed by atoms with van der Waals surface area (Å²) in [5.41, 5.74) is 2.34. The van der Waals surface area contributed by atoms with Gasteiger partial charge in [0.15, 0.2) is 16.5 Å². The van der Waals surface area contributed by atoms with E-state index in [0.29, 0.717) is 26.5 Å². The molecule has 0 amide bonds. The second-order valence-electron chi connectivity index (χ2n) is 5.25. The van der Waals surface area contributed by atoms with Gasteiger partial charge in [-0.1, -0.05) is 41.7 Å². The molecule has 2 aromatic heterocycles. The van der Waals surface area contributed by atoms with Crippen LogP contribution in [-0.2, 0) is 0 Å². The first-order valence-corrected chi connectivity index (χ1v) is 8.16. The predicted molar refractivity (Wildman–Crippen MR) is 95.2 cm³/mol. The SMILES string of the molecule is COc1cc2nc3sc(=Cc4ccccc4)c(=O)n3c2cc1OC. The zero-order valence-corrected chi connectivity index (χ0v) is 14.0. The molecule has 0 fully saturated rings. The summed E-state index contributed by atoms with van der Waals surface area (Å²) in [6.07, 6.45) is 1.88. The molecule has 0 unspecified atom stereocenters. The fraction of sp³-hybridized carbons (Fsp3) is 0.111. The maximum absolute atomic E-state index is 12.8. The summed E-state index contributed by atoms with van der Waals surface area (Å²) in [5, 5.41) is 0. The summed E-state index contributed by atoms with van der Waals surface area (Å²) in [7, 11) is 3.15. The number of nitrogens with zero attached hydrogens (tertiary/aromatic N) is 2. The van der Waals surface area contributed by atoms with E-state index in [4.69, 9.17) is 9.47 Å². The fourth-order valence-corrected chi connectivity index (χ4v) is 3.68. The first kappa shape index (κ1) is 14.7. The van der Waals surface area contributed by atoms with Crippen LogP contribution >= 0.6 is 11.3 Å². The number of thiazole rings is 1. The Kier molecular flexibility index (Phi) is 3.46. The highest BCUT2D eigenvalue weighted by Crippen LogP contribution is 2.32. The highest BCUT2D eigenvalue weighted by Gasteiger charge is 2.15. The van der Waals surface area contributed by atoms with Crippen LogP contribution < -0.4 is 19.6 Å². The van der Waals surface area contributed by atoms with E-state index in [0.717, 1.165) is 11.1 Å². The Morgan fingerprint density at radius 3 is 2.50 bits per heavy atom. The molecular formula is C18H14N2O3S. The number of aromatic nitrogens is 2. The summed E-state index contributed by atoms with van der Waals surface area (Å²) in [6.45, 7) is 0. The lowest BCUT2D eigenvalue weighted by Gasteiger charge is -2.06. The van der Waals surface area contributed by atoms with E-state index in [9.17, 15) is 4.79 Å². The summed E-state index contributed by atoms with van der Waals surface area (Å²) < 4.78 is 12.9. The van der Waals surface area contributed by atoms with Crippen LogP contribution in [0.3, 0.4) is 0 Å². The van der Waals surface area contributed by atoms with E-state index in [2.05, 4.69) is 4.98 Å². The van der Waals surface area contributed by atoms with Crippen LogP contribution in [0.25, 0.3) is 22.1 Å². The van der Waals surface area contributed by atoms with Crippen molar-refractivity contribution >= 4 is 33.4 Å². The van der Waals surface area contributed by atoms with Crippen molar-refractivity contribution < 1.29 is 9.47 Å². The molecule has 6 heteroatoms. The molecule has 0 saturated carbocycles. The molecule has 2 heterocycles. The van der Waals surface area contributed by atoms with Crippen LogP contribution in [0.2, 0.25) is 0 Å². The summed E-state index contributed by atoms with van der Waals surface area (Å²) in [6, 6.07) is 13.3. The third-order valence-corrected chi connectivity index (χ3v) is 4.81. The van der Waals surface area contributed by atoms with Gasteiger partial charge in [0.25, 0.3) is 5.56 Å². The monoisotopic (exact) mass is 338 g/mol. The van der Waals surface area contributed by atoms with Gasteiger partial charge in [-0.05, 0) is 11.6 Å². The largest absolute Gasteiger partial charge is 0.493 e. The minimum atomic E-state index is -0.0754. The van der Waals surface area contributed by atoms with Gasteiger partial charge in [-0.2, -0.15) is 0 Å². The van der Waals surface area contributed by atoms with Crippen molar-refractivity contribution in [1.82, 2.24) is 9.38 Å². The van der Waals surface area contributed by atoms with Crippen LogP contribution in [0.15, 0.2) is 47.3 Å². The van der Waals surface area contributed by atoms with Crippen molar-refractivity contribution in [2.75, 3.05) is 14.2 Å².